The number of amides is 1. The number of aliphatic hydroxyl groups excluding tert-OH is 1. The number of aliphatic carboxylic acids is 1. The van der Waals surface area contributed by atoms with Gasteiger partial charge in [0.15, 0.2) is 0 Å². The third kappa shape index (κ3) is 3.49. The molecule has 4 rings (SSSR count). The Morgan fingerprint density at radius 2 is 2.17 bits per heavy atom. The highest BCUT2D eigenvalue weighted by Gasteiger charge is 2.60. The van der Waals surface area contributed by atoms with Gasteiger partial charge in [0.25, 0.3) is 0 Å². The Kier molecular flexibility index (Phi) is 5.45. The van der Waals surface area contributed by atoms with Crippen LogP contribution < -0.4 is 5.32 Å². The fourth-order valence-electron chi connectivity index (χ4n) is 4.73. The highest BCUT2D eigenvalue weighted by molar-refractivity contribution is 8.03. The van der Waals surface area contributed by atoms with Gasteiger partial charge in [0.2, 0.25) is 5.91 Å². The number of carbonyl (C=O) groups excluding carboxylic acids is 1. The molecular weight excluding hydrogens is 422 g/mol. The van der Waals surface area contributed by atoms with Crippen molar-refractivity contribution in [1.82, 2.24) is 14.5 Å². The molecule has 3 saturated heterocycles. The largest absolute Gasteiger partial charge is 0.477 e. The summed E-state index contributed by atoms with van der Waals surface area (Å²) in [5, 5.41) is 23.0. The van der Waals surface area contributed by atoms with Crippen LogP contribution in [0.1, 0.15) is 20.3 Å². The van der Waals surface area contributed by atoms with Crippen molar-refractivity contribution in [1.29, 1.82) is 0 Å². The number of nitrogens with zero attached hydrogens (tertiary/aromatic N) is 2. The molecule has 12 heteroatoms. The first-order valence-corrected chi connectivity index (χ1v) is 11.9. The average Bonchev–Trinajstić information content (AvgIpc) is 3.26. The van der Waals surface area contributed by atoms with E-state index in [2.05, 4.69) is 5.32 Å². The van der Waals surface area contributed by atoms with Crippen LogP contribution in [0.25, 0.3) is 0 Å². The van der Waals surface area contributed by atoms with Crippen LogP contribution in [0.15, 0.2) is 10.6 Å². The van der Waals surface area contributed by atoms with Gasteiger partial charge < -0.3 is 20.4 Å². The minimum Gasteiger partial charge on any atom is -0.477 e. The van der Waals surface area contributed by atoms with Crippen LogP contribution in [0.4, 0.5) is 0 Å². The van der Waals surface area contributed by atoms with E-state index < -0.39 is 28.3 Å². The normalized spacial score (nSPS) is 37.7. The summed E-state index contributed by atoms with van der Waals surface area (Å²) < 4.78 is 29.7. The molecule has 29 heavy (non-hydrogen) atoms. The van der Waals surface area contributed by atoms with Gasteiger partial charge in [-0.1, -0.05) is 6.92 Å². The second kappa shape index (κ2) is 7.50. The van der Waals surface area contributed by atoms with E-state index in [9.17, 15) is 28.2 Å². The van der Waals surface area contributed by atoms with Crippen LogP contribution in [-0.4, -0.2) is 89.4 Å². The molecule has 6 atom stereocenters. The number of carboxylic acid groups (broad SMARTS) is 1. The molecule has 0 saturated carbocycles. The Morgan fingerprint density at radius 3 is 2.76 bits per heavy atom. The maximum Gasteiger partial charge on any atom is 0.353 e. The molecule has 0 spiro atoms. The average molecular weight is 448 g/mol. The Balaban J connectivity index is 1.45. The Labute approximate surface area is 173 Å². The van der Waals surface area contributed by atoms with E-state index >= 15 is 0 Å². The molecule has 4 aliphatic rings. The molecule has 2 unspecified atom stereocenters. The lowest BCUT2D eigenvalue weighted by Gasteiger charge is -2.46. The van der Waals surface area contributed by atoms with Gasteiger partial charge >= 0.3 is 16.3 Å². The van der Waals surface area contributed by atoms with Gasteiger partial charge in [0.05, 0.1) is 24.7 Å². The predicted molar refractivity (Wildman–Crippen MR) is 104 cm³/mol. The van der Waals surface area contributed by atoms with E-state index in [1.54, 1.807) is 6.92 Å². The van der Waals surface area contributed by atoms with Gasteiger partial charge in [-0.2, -0.15) is 12.7 Å². The van der Waals surface area contributed by atoms with E-state index in [-0.39, 0.29) is 41.5 Å². The molecule has 162 valence electrons. The number of aliphatic hydroxyl groups is 1. The molecule has 0 bridgehead atoms. The van der Waals surface area contributed by atoms with Crippen LogP contribution in [-0.2, 0) is 24.1 Å². The number of β-lactam (4-membered cyclic amide) rings is 1. The van der Waals surface area contributed by atoms with Crippen molar-refractivity contribution in [2.45, 2.75) is 43.7 Å². The summed E-state index contributed by atoms with van der Waals surface area (Å²) in [6.07, 6.45) is -0.147. The van der Waals surface area contributed by atoms with E-state index in [4.69, 9.17) is 4.18 Å². The molecule has 4 heterocycles. The SMILES string of the molecule is C[C@@H](O)C1C(=O)N2C(C(=O)O)=C(S[C@@H]3CN[C@H](CN4CCOS4(=O)=O)C3)[C@H](C)C12. The number of carbonyl (C=O) groups is 2. The quantitative estimate of drug-likeness (QED) is 0.446. The molecule has 0 aliphatic carbocycles. The number of fused-ring (bicyclic) bond motifs is 1. The van der Waals surface area contributed by atoms with Crippen LogP contribution in [0.3, 0.4) is 0 Å². The monoisotopic (exact) mass is 447 g/mol. The lowest BCUT2D eigenvalue weighted by molar-refractivity contribution is -0.163. The summed E-state index contributed by atoms with van der Waals surface area (Å²) >= 11 is 1.45. The maximum absolute atomic E-state index is 12.4. The maximum atomic E-state index is 12.4. The van der Waals surface area contributed by atoms with Crippen LogP contribution >= 0.6 is 11.8 Å². The molecule has 1 amide bonds. The standard InChI is InChI=1S/C17H25N3O7S2/c1-8-13-12(9(2)21)16(22)20(13)14(17(23)24)15(8)28-11-5-10(18-6-11)7-19-3-4-27-29(19,25)26/h8-13,18,21H,3-7H2,1-2H3,(H,23,24)/t8-,9-,10+,11+,12?,13?/m1/s1. The minimum atomic E-state index is -3.64. The first-order chi connectivity index (χ1) is 13.6. The zero-order chi connectivity index (χ0) is 21.1. The molecule has 0 radical (unpaired) electrons. The van der Waals surface area contributed by atoms with E-state index in [1.165, 1.54) is 21.0 Å². The number of thioether (sulfide) groups is 1. The van der Waals surface area contributed by atoms with Gasteiger partial charge in [0, 0.05) is 41.7 Å². The van der Waals surface area contributed by atoms with Gasteiger partial charge in [-0.25, -0.2) is 4.79 Å². The van der Waals surface area contributed by atoms with Crippen molar-refractivity contribution in [3.63, 3.8) is 0 Å². The molecular formula is C17H25N3O7S2. The van der Waals surface area contributed by atoms with Crippen LogP contribution in [0.2, 0.25) is 0 Å². The smallest absolute Gasteiger partial charge is 0.353 e. The molecule has 0 aromatic carbocycles. The molecule has 4 aliphatic heterocycles. The predicted octanol–water partition coefficient (Wildman–Crippen LogP) is -0.819. The van der Waals surface area contributed by atoms with Crippen molar-refractivity contribution >= 4 is 33.9 Å². The number of nitrogens with one attached hydrogen (secondary N) is 1. The number of hydrogen-bond acceptors (Lipinski definition) is 8. The van der Waals surface area contributed by atoms with Crippen molar-refractivity contribution in [3.8, 4) is 0 Å². The topological polar surface area (TPSA) is 136 Å². The Morgan fingerprint density at radius 1 is 1.45 bits per heavy atom. The van der Waals surface area contributed by atoms with Crippen LogP contribution in [0, 0.1) is 11.8 Å². The van der Waals surface area contributed by atoms with Gasteiger partial charge in [-0.15, -0.1) is 11.8 Å². The zero-order valence-corrected chi connectivity index (χ0v) is 17.8. The second-order valence-electron chi connectivity index (χ2n) is 7.99. The number of carboxylic acids is 1. The second-order valence-corrected chi connectivity index (χ2v) is 10.9. The third-order valence-electron chi connectivity index (χ3n) is 6.10. The van der Waals surface area contributed by atoms with Gasteiger partial charge in [-0.3, -0.25) is 8.98 Å². The van der Waals surface area contributed by atoms with Crippen molar-refractivity contribution in [2.24, 2.45) is 11.8 Å². The first kappa shape index (κ1) is 21.1. The van der Waals surface area contributed by atoms with Gasteiger partial charge in [0.1, 0.15) is 5.70 Å². The summed E-state index contributed by atoms with van der Waals surface area (Å²) in [5.74, 6) is -2.23. The van der Waals surface area contributed by atoms with Crippen molar-refractivity contribution in [3.05, 3.63) is 10.6 Å². The third-order valence-corrected chi connectivity index (χ3v) is 9.04. The highest BCUT2D eigenvalue weighted by Crippen LogP contribution is 2.51. The summed E-state index contributed by atoms with van der Waals surface area (Å²) in [6.45, 7) is 4.88. The molecule has 3 fully saturated rings. The van der Waals surface area contributed by atoms with Crippen molar-refractivity contribution < 1.29 is 32.4 Å². The molecule has 0 aromatic heterocycles. The number of hydrogen-bond donors (Lipinski definition) is 3. The van der Waals surface area contributed by atoms with E-state index in [0.29, 0.717) is 31.0 Å². The summed E-state index contributed by atoms with van der Waals surface area (Å²) in [4.78, 5) is 26.3. The molecule has 3 N–H and O–H groups in total. The summed E-state index contributed by atoms with van der Waals surface area (Å²) in [6, 6.07) is -0.369. The van der Waals surface area contributed by atoms with Crippen molar-refractivity contribution in [2.75, 3.05) is 26.2 Å². The molecule has 10 nitrogen and oxygen atoms in total. The first-order valence-electron chi connectivity index (χ1n) is 9.65. The fraction of sp³-hybridized carbons (Fsp3) is 0.765. The summed E-state index contributed by atoms with van der Waals surface area (Å²) in [7, 11) is -3.64. The zero-order valence-electron chi connectivity index (χ0n) is 16.1. The lowest BCUT2D eigenvalue weighted by Crippen LogP contribution is -2.63. The van der Waals surface area contributed by atoms with Gasteiger partial charge in [-0.05, 0) is 13.3 Å². The highest BCUT2D eigenvalue weighted by atomic mass is 32.2. The molecule has 0 aromatic rings. The Bertz CT molecular complexity index is 859. The van der Waals surface area contributed by atoms with Crippen LogP contribution in [0.5, 0.6) is 0 Å². The number of rotatable bonds is 6. The van der Waals surface area contributed by atoms with E-state index in [0.717, 1.165) is 0 Å². The van der Waals surface area contributed by atoms with E-state index in [1.807, 2.05) is 6.92 Å². The minimum absolute atomic E-state index is 0.0216. The summed E-state index contributed by atoms with van der Waals surface area (Å²) in [5.41, 5.74) is 0.0216. The lowest BCUT2D eigenvalue weighted by atomic mass is 9.79. The Hall–Kier alpha value is -1.18. The fourth-order valence-corrected chi connectivity index (χ4v) is 7.34.